The first kappa shape index (κ1) is 17.8. The molecule has 6 heteroatoms. The predicted octanol–water partition coefficient (Wildman–Crippen LogP) is 2.85. The number of imidazole rings is 1. The molecule has 23 heavy (non-hydrogen) atoms. The number of halogens is 1. The summed E-state index contributed by atoms with van der Waals surface area (Å²) in [5.74, 6) is 0.683. The Labute approximate surface area is 154 Å². The molecule has 124 valence electrons. The van der Waals surface area contributed by atoms with Crippen LogP contribution in [0.4, 0.5) is 0 Å². The van der Waals surface area contributed by atoms with E-state index >= 15 is 0 Å². The van der Waals surface area contributed by atoms with Gasteiger partial charge in [-0.05, 0) is 30.4 Å². The maximum absolute atomic E-state index is 6.08. The van der Waals surface area contributed by atoms with Gasteiger partial charge in [0.1, 0.15) is 0 Å². The Morgan fingerprint density at radius 3 is 2.43 bits per heavy atom. The van der Waals surface area contributed by atoms with Gasteiger partial charge >= 0.3 is 0 Å². The molecule has 0 radical (unpaired) electrons. The van der Waals surface area contributed by atoms with Crippen molar-refractivity contribution in [2.24, 2.45) is 10.7 Å². The van der Waals surface area contributed by atoms with Gasteiger partial charge in [-0.3, -0.25) is 0 Å². The van der Waals surface area contributed by atoms with E-state index in [-0.39, 0.29) is 24.0 Å². The number of nitrogens with two attached hydrogens (primary N) is 1. The Balaban J connectivity index is 0.00000192. The summed E-state index contributed by atoms with van der Waals surface area (Å²) in [6.45, 7) is 3.57. The third-order valence-electron chi connectivity index (χ3n) is 4.05. The minimum atomic E-state index is 0. The van der Waals surface area contributed by atoms with Crippen LogP contribution in [0.1, 0.15) is 30.4 Å². The molecule has 1 aromatic heterocycles. The lowest BCUT2D eigenvalue weighted by Crippen LogP contribution is -2.40. The van der Waals surface area contributed by atoms with Crippen molar-refractivity contribution in [2.45, 2.75) is 32.4 Å². The third-order valence-corrected chi connectivity index (χ3v) is 4.05. The number of aromatic nitrogens is 2. The fourth-order valence-electron chi connectivity index (χ4n) is 2.74. The molecular weight excluding hydrogens is 401 g/mol. The summed E-state index contributed by atoms with van der Waals surface area (Å²) in [6, 6.07) is 8.53. The Morgan fingerprint density at radius 2 is 1.78 bits per heavy atom. The van der Waals surface area contributed by atoms with Gasteiger partial charge in [0, 0.05) is 32.0 Å². The molecular formula is C17H24IN5. The van der Waals surface area contributed by atoms with Gasteiger partial charge in [-0.15, -0.1) is 24.0 Å². The van der Waals surface area contributed by atoms with Crippen molar-refractivity contribution in [3.63, 3.8) is 0 Å². The van der Waals surface area contributed by atoms with E-state index in [0.29, 0.717) is 12.5 Å². The molecule has 1 fully saturated rings. The zero-order valence-electron chi connectivity index (χ0n) is 13.3. The monoisotopic (exact) mass is 425 g/mol. The summed E-state index contributed by atoms with van der Waals surface area (Å²) < 4.78 is 2.06. The summed E-state index contributed by atoms with van der Waals surface area (Å²) in [6.07, 6.45) is 9.35. The molecule has 1 aliphatic rings. The zero-order chi connectivity index (χ0) is 15.2. The number of rotatable bonds is 4. The molecule has 1 aromatic carbocycles. The molecule has 0 atom stereocenters. The van der Waals surface area contributed by atoms with Crippen LogP contribution in [-0.4, -0.2) is 33.5 Å². The van der Waals surface area contributed by atoms with E-state index in [2.05, 4.69) is 43.7 Å². The van der Waals surface area contributed by atoms with Crippen molar-refractivity contribution in [3.8, 4) is 0 Å². The molecule has 5 nitrogen and oxygen atoms in total. The quantitative estimate of drug-likeness (QED) is 0.466. The van der Waals surface area contributed by atoms with Crippen LogP contribution in [0.25, 0.3) is 0 Å². The predicted molar refractivity (Wildman–Crippen MR) is 104 cm³/mol. The molecule has 0 unspecified atom stereocenters. The van der Waals surface area contributed by atoms with Gasteiger partial charge in [-0.2, -0.15) is 0 Å². The molecule has 0 bridgehead atoms. The van der Waals surface area contributed by atoms with Crippen LogP contribution >= 0.6 is 24.0 Å². The number of hydrogen-bond acceptors (Lipinski definition) is 2. The van der Waals surface area contributed by atoms with Crippen molar-refractivity contribution >= 4 is 29.9 Å². The SMILES string of the molecule is I.NC(=NCc1ccc(Cn2ccnc2)cc1)N1CCCCC1. The minimum absolute atomic E-state index is 0. The first-order valence-electron chi connectivity index (χ1n) is 7.90. The average Bonchev–Trinajstić information content (AvgIpc) is 3.08. The second-order valence-electron chi connectivity index (χ2n) is 5.77. The summed E-state index contributed by atoms with van der Waals surface area (Å²) in [5.41, 5.74) is 8.53. The maximum atomic E-state index is 6.08. The number of likely N-dealkylation sites (tertiary alicyclic amines) is 1. The highest BCUT2D eigenvalue weighted by molar-refractivity contribution is 14.0. The largest absolute Gasteiger partial charge is 0.370 e. The van der Waals surface area contributed by atoms with Crippen LogP contribution in [0, 0.1) is 0 Å². The minimum Gasteiger partial charge on any atom is -0.370 e. The van der Waals surface area contributed by atoms with Crippen LogP contribution in [0.2, 0.25) is 0 Å². The Bertz CT molecular complexity index is 600. The van der Waals surface area contributed by atoms with E-state index in [1.807, 2.05) is 12.5 Å². The third kappa shape index (κ3) is 5.23. The normalized spacial score (nSPS) is 15.3. The van der Waals surface area contributed by atoms with Gasteiger partial charge in [0.05, 0.1) is 12.9 Å². The van der Waals surface area contributed by atoms with E-state index in [9.17, 15) is 0 Å². The van der Waals surface area contributed by atoms with Gasteiger partial charge < -0.3 is 15.2 Å². The molecule has 0 aliphatic carbocycles. The zero-order valence-corrected chi connectivity index (χ0v) is 15.6. The molecule has 2 aromatic rings. The molecule has 0 saturated carbocycles. The average molecular weight is 425 g/mol. The van der Waals surface area contributed by atoms with Crippen molar-refractivity contribution < 1.29 is 0 Å². The maximum Gasteiger partial charge on any atom is 0.191 e. The smallest absolute Gasteiger partial charge is 0.191 e. The summed E-state index contributed by atoms with van der Waals surface area (Å²) >= 11 is 0. The van der Waals surface area contributed by atoms with E-state index in [0.717, 1.165) is 19.6 Å². The van der Waals surface area contributed by atoms with Crippen LogP contribution < -0.4 is 5.73 Å². The lowest BCUT2D eigenvalue weighted by Gasteiger charge is -2.27. The standard InChI is InChI=1S/C17H23N5.HI/c18-17(22-9-2-1-3-10-22)20-12-15-4-6-16(7-5-15)13-21-11-8-19-14-21;/h4-8,11,14H,1-3,9-10,12-13H2,(H2,18,20);1H. The summed E-state index contributed by atoms with van der Waals surface area (Å²) in [5, 5.41) is 0. The van der Waals surface area contributed by atoms with Gasteiger partial charge in [-0.1, -0.05) is 24.3 Å². The first-order valence-corrected chi connectivity index (χ1v) is 7.90. The van der Waals surface area contributed by atoms with E-state index in [1.165, 1.54) is 30.4 Å². The van der Waals surface area contributed by atoms with Gasteiger partial charge in [0.2, 0.25) is 0 Å². The number of benzene rings is 1. The highest BCUT2D eigenvalue weighted by Crippen LogP contribution is 2.10. The fraction of sp³-hybridized carbons (Fsp3) is 0.412. The van der Waals surface area contributed by atoms with Gasteiger partial charge in [-0.25, -0.2) is 9.98 Å². The molecule has 2 N–H and O–H groups in total. The van der Waals surface area contributed by atoms with Gasteiger partial charge in [0.15, 0.2) is 5.96 Å². The summed E-state index contributed by atoms with van der Waals surface area (Å²) in [7, 11) is 0. The van der Waals surface area contributed by atoms with Crippen LogP contribution in [0.3, 0.4) is 0 Å². The molecule has 1 saturated heterocycles. The number of guanidine groups is 1. The topological polar surface area (TPSA) is 59.4 Å². The fourth-order valence-corrected chi connectivity index (χ4v) is 2.74. The van der Waals surface area contributed by atoms with Crippen LogP contribution in [0.15, 0.2) is 48.0 Å². The van der Waals surface area contributed by atoms with Crippen molar-refractivity contribution in [1.82, 2.24) is 14.5 Å². The van der Waals surface area contributed by atoms with Crippen LogP contribution in [0.5, 0.6) is 0 Å². The van der Waals surface area contributed by atoms with Gasteiger partial charge in [0.25, 0.3) is 0 Å². The lowest BCUT2D eigenvalue weighted by atomic mass is 10.1. The number of nitrogens with zero attached hydrogens (tertiary/aromatic N) is 4. The number of piperidine rings is 1. The second-order valence-corrected chi connectivity index (χ2v) is 5.77. The Kier molecular flexibility index (Phi) is 6.88. The molecule has 0 amide bonds. The highest BCUT2D eigenvalue weighted by atomic mass is 127. The molecule has 2 heterocycles. The Hall–Kier alpha value is -1.57. The molecule has 1 aliphatic heterocycles. The number of hydrogen-bond donors (Lipinski definition) is 1. The molecule has 0 spiro atoms. The van der Waals surface area contributed by atoms with Crippen LogP contribution in [-0.2, 0) is 13.1 Å². The first-order chi connectivity index (χ1) is 10.8. The van der Waals surface area contributed by atoms with E-state index in [1.54, 1.807) is 6.20 Å². The molecule has 3 rings (SSSR count). The van der Waals surface area contributed by atoms with E-state index in [4.69, 9.17) is 5.73 Å². The van der Waals surface area contributed by atoms with E-state index < -0.39 is 0 Å². The second kappa shape index (κ2) is 8.90. The van der Waals surface area contributed by atoms with Crippen molar-refractivity contribution in [1.29, 1.82) is 0 Å². The highest BCUT2D eigenvalue weighted by Gasteiger charge is 2.11. The number of aliphatic imine (C=N–C) groups is 1. The lowest BCUT2D eigenvalue weighted by molar-refractivity contribution is 0.338. The summed E-state index contributed by atoms with van der Waals surface area (Å²) in [4.78, 5) is 10.8. The Morgan fingerprint density at radius 1 is 1.09 bits per heavy atom. The van der Waals surface area contributed by atoms with Crippen molar-refractivity contribution in [2.75, 3.05) is 13.1 Å². The van der Waals surface area contributed by atoms with Crippen molar-refractivity contribution in [3.05, 3.63) is 54.1 Å².